The minimum absolute atomic E-state index is 0.0352. The number of benzene rings is 3. The van der Waals surface area contributed by atoms with Crippen molar-refractivity contribution in [2.45, 2.75) is 32.8 Å². The molecule has 1 atom stereocenters. The van der Waals surface area contributed by atoms with Gasteiger partial charge in [-0.1, -0.05) is 59.0 Å². The molecular formula is C27H23Br2Cl2N3O3. The molecule has 0 bridgehead atoms. The molecule has 3 aromatic carbocycles. The monoisotopic (exact) mass is 665 g/mol. The Morgan fingerprint density at radius 3 is 2.57 bits per heavy atom. The molecule has 0 saturated carbocycles. The van der Waals surface area contributed by atoms with E-state index in [0.717, 1.165) is 20.9 Å². The quantitative estimate of drug-likeness (QED) is 0.178. The molecule has 6 nitrogen and oxygen atoms in total. The maximum absolute atomic E-state index is 13.4. The Labute approximate surface area is 241 Å². The summed E-state index contributed by atoms with van der Waals surface area (Å²) < 4.78 is 14.4. The summed E-state index contributed by atoms with van der Waals surface area (Å²) in [7, 11) is 1.56. The number of nitrogens with zero attached hydrogens (tertiary/aromatic N) is 3. The van der Waals surface area contributed by atoms with Crippen molar-refractivity contribution in [3.8, 4) is 11.5 Å². The molecule has 1 heterocycles. The molecular weight excluding hydrogens is 645 g/mol. The van der Waals surface area contributed by atoms with Crippen LogP contribution < -0.4 is 15.0 Å². The second-order valence-corrected chi connectivity index (χ2v) is 10.9. The summed E-state index contributed by atoms with van der Waals surface area (Å²) in [5, 5.41) is 5.99. The summed E-state index contributed by atoms with van der Waals surface area (Å²) in [4.78, 5) is 18.1. The van der Waals surface area contributed by atoms with Gasteiger partial charge in [0.25, 0.3) is 5.56 Å². The van der Waals surface area contributed by atoms with E-state index >= 15 is 0 Å². The minimum atomic E-state index is -0.234. The fraction of sp³-hybridized carbons (Fsp3) is 0.222. The Hall–Kier alpha value is -2.39. The van der Waals surface area contributed by atoms with E-state index in [9.17, 15) is 4.79 Å². The number of hydrogen-bond donors (Lipinski definition) is 0. The highest BCUT2D eigenvalue weighted by Gasteiger charge is 2.16. The van der Waals surface area contributed by atoms with Gasteiger partial charge >= 0.3 is 0 Å². The van der Waals surface area contributed by atoms with E-state index in [0.29, 0.717) is 43.8 Å². The zero-order valence-electron chi connectivity index (χ0n) is 20.3. The predicted octanol–water partition coefficient (Wildman–Crippen LogP) is 8.21. The molecule has 0 amide bonds. The Kier molecular flexibility index (Phi) is 8.95. The third kappa shape index (κ3) is 6.20. The first-order chi connectivity index (χ1) is 17.7. The van der Waals surface area contributed by atoms with E-state index in [1.807, 2.05) is 25.1 Å². The predicted molar refractivity (Wildman–Crippen MR) is 157 cm³/mol. The van der Waals surface area contributed by atoms with Gasteiger partial charge in [0, 0.05) is 20.4 Å². The molecule has 10 heteroatoms. The van der Waals surface area contributed by atoms with Crippen molar-refractivity contribution in [3.05, 3.63) is 94.8 Å². The summed E-state index contributed by atoms with van der Waals surface area (Å²) >= 11 is 19.1. The second kappa shape index (κ2) is 12.0. The van der Waals surface area contributed by atoms with Crippen LogP contribution in [0.25, 0.3) is 10.9 Å². The van der Waals surface area contributed by atoms with Crippen LogP contribution in [0.2, 0.25) is 10.0 Å². The van der Waals surface area contributed by atoms with Crippen LogP contribution in [0, 0.1) is 0 Å². The van der Waals surface area contributed by atoms with Crippen molar-refractivity contribution in [3.63, 3.8) is 0 Å². The van der Waals surface area contributed by atoms with Gasteiger partial charge in [-0.15, -0.1) is 0 Å². The molecule has 4 aromatic rings. The number of ether oxygens (including phenoxy) is 2. The van der Waals surface area contributed by atoms with Crippen molar-refractivity contribution in [2.24, 2.45) is 5.10 Å². The van der Waals surface area contributed by atoms with Gasteiger partial charge in [-0.05, 0) is 70.4 Å². The average molecular weight is 668 g/mol. The molecule has 37 heavy (non-hydrogen) atoms. The average Bonchev–Trinajstić information content (AvgIpc) is 2.89. The Morgan fingerprint density at radius 2 is 1.86 bits per heavy atom. The van der Waals surface area contributed by atoms with Crippen LogP contribution in [0.3, 0.4) is 0 Å². The van der Waals surface area contributed by atoms with E-state index in [1.54, 1.807) is 43.7 Å². The Bertz CT molecular complexity index is 1560. The SMILES string of the molecule is CC[C@H](C)c1nc2ccc(Br)cc2c(=O)n1N=Cc1cc(OC)c(OCc2ccc(Cl)c(Cl)c2)cc1Br. The lowest BCUT2D eigenvalue weighted by molar-refractivity contribution is 0.284. The van der Waals surface area contributed by atoms with Crippen LogP contribution in [-0.2, 0) is 6.61 Å². The lowest BCUT2D eigenvalue weighted by Gasteiger charge is -2.15. The zero-order chi connectivity index (χ0) is 26.7. The molecule has 0 aliphatic heterocycles. The maximum atomic E-state index is 13.4. The van der Waals surface area contributed by atoms with E-state index in [2.05, 4.69) is 43.9 Å². The summed E-state index contributed by atoms with van der Waals surface area (Å²) in [6, 6.07) is 14.4. The van der Waals surface area contributed by atoms with E-state index in [-0.39, 0.29) is 18.1 Å². The van der Waals surface area contributed by atoms with Gasteiger partial charge in [0.15, 0.2) is 11.5 Å². The second-order valence-electron chi connectivity index (χ2n) is 8.36. The van der Waals surface area contributed by atoms with Gasteiger partial charge in [0.1, 0.15) is 12.4 Å². The summed E-state index contributed by atoms with van der Waals surface area (Å²) in [5.74, 6) is 1.68. The fourth-order valence-electron chi connectivity index (χ4n) is 3.61. The normalized spacial score (nSPS) is 12.3. The number of aromatic nitrogens is 2. The zero-order valence-corrected chi connectivity index (χ0v) is 24.9. The molecule has 0 aliphatic carbocycles. The largest absolute Gasteiger partial charge is 0.493 e. The lowest BCUT2D eigenvalue weighted by atomic mass is 10.1. The van der Waals surface area contributed by atoms with Crippen molar-refractivity contribution < 1.29 is 9.47 Å². The molecule has 192 valence electrons. The van der Waals surface area contributed by atoms with Crippen LogP contribution in [0.5, 0.6) is 11.5 Å². The van der Waals surface area contributed by atoms with Crippen molar-refractivity contribution in [1.82, 2.24) is 9.66 Å². The highest BCUT2D eigenvalue weighted by Crippen LogP contribution is 2.34. The highest BCUT2D eigenvalue weighted by molar-refractivity contribution is 9.10. The minimum Gasteiger partial charge on any atom is -0.493 e. The number of hydrogen-bond acceptors (Lipinski definition) is 5. The summed E-state index contributed by atoms with van der Waals surface area (Å²) in [5.41, 5.74) is 1.98. The summed E-state index contributed by atoms with van der Waals surface area (Å²) in [6.45, 7) is 4.35. The highest BCUT2D eigenvalue weighted by atomic mass is 79.9. The van der Waals surface area contributed by atoms with Gasteiger partial charge in [-0.3, -0.25) is 4.79 Å². The Morgan fingerprint density at radius 1 is 1.08 bits per heavy atom. The van der Waals surface area contributed by atoms with Gasteiger partial charge in [0.05, 0.1) is 34.3 Å². The molecule has 0 aliphatic rings. The molecule has 0 saturated heterocycles. The van der Waals surface area contributed by atoms with Gasteiger partial charge in [0.2, 0.25) is 0 Å². The van der Waals surface area contributed by atoms with E-state index in [4.69, 9.17) is 37.7 Å². The van der Waals surface area contributed by atoms with Crippen molar-refractivity contribution in [1.29, 1.82) is 0 Å². The van der Waals surface area contributed by atoms with Crippen molar-refractivity contribution in [2.75, 3.05) is 7.11 Å². The standard InChI is InChI=1S/C27H23Br2Cl2N3O3/c1-4-15(2)26-33-23-8-6-18(28)11-19(23)27(35)34(26)32-13-17-10-24(36-3)25(12-20(17)29)37-14-16-5-7-21(30)22(31)9-16/h5-13,15H,4,14H2,1-3H3/t15-/m0/s1. The van der Waals surface area contributed by atoms with Crippen LogP contribution >= 0.6 is 55.1 Å². The number of methoxy groups -OCH3 is 1. The Balaban J connectivity index is 1.69. The van der Waals surface area contributed by atoms with Crippen LogP contribution in [-0.4, -0.2) is 23.0 Å². The number of halogens is 4. The van der Waals surface area contributed by atoms with E-state index < -0.39 is 0 Å². The molecule has 0 unspecified atom stereocenters. The number of rotatable bonds is 8. The van der Waals surface area contributed by atoms with Gasteiger partial charge < -0.3 is 9.47 Å². The first kappa shape index (κ1) is 27.6. The van der Waals surface area contributed by atoms with Gasteiger partial charge in [-0.25, -0.2) is 4.98 Å². The molecule has 0 radical (unpaired) electrons. The molecule has 0 N–H and O–H groups in total. The smallest absolute Gasteiger partial charge is 0.282 e. The molecule has 0 fully saturated rings. The maximum Gasteiger partial charge on any atom is 0.282 e. The topological polar surface area (TPSA) is 65.7 Å². The van der Waals surface area contributed by atoms with Crippen LogP contribution in [0.15, 0.2) is 67.4 Å². The summed E-state index contributed by atoms with van der Waals surface area (Å²) in [6.07, 6.45) is 2.42. The lowest BCUT2D eigenvalue weighted by Crippen LogP contribution is -2.23. The van der Waals surface area contributed by atoms with E-state index in [1.165, 1.54) is 4.68 Å². The fourth-order valence-corrected chi connectivity index (χ4v) is 4.72. The van der Waals surface area contributed by atoms with Gasteiger partial charge in [-0.2, -0.15) is 9.78 Å². The third-order valence-corrected chi connectivity index (χ3v) is 7.78. The number of fused-ring (bicyclic) bond motifs is 1. The van der Waals surface area contributed by atoms with Crippen LogP contribution in [0.1, 0.15) is 43.1 Å². The first-order valence-electron chi connectivity index (χ1n) is 11.4. The molecule has 1 aromatic heterocycles. The van der Waals surface area contributed by atoms with Crippen LogP contribution in [0.4, 0.5) is 0 Å². The van der Waals surface area contributed by atoms with Crippen molar-refractivity contribution >= 4 is 72.2 Å². The third-order valence-electron chi connectivity index (χ3n) is 5.86. The first-order valence-corrected chi connectivity index (χ1v) is 13.8. The molecule has 4 rings (SSSR count). The molecule has 0 spiro atoms.